The van der Waals surface area contributed by atoms with Crippen LogP contribution in [0.2, 0.25) is 0 Å². The number of carbonyl (C=O) groups excluding carboxylic acids is 1. The average Bonchev–Trinajstić information content (AvgIpc) is 3.41. The van der Waals surface area contributed by atoms with Crippen LogP contribution in [0.4, 0.5) is 10.8 Å². The number of nitrogens with zero attached hydrogens (tertiary/aromatic N) is 2. The Balaban J connectivity index is 1.70. The SMILES string of the molecule is CCCCOc1ccc(-c2cc(-c3cnc(N(C)C)s3)c(C(=O)Nc3ccc(OCC)cc3)c(=O)[nH]2)cc1. The summed E-state index contributed by atoms with van der Waals surface area (Å²) in [7, 11) is 3.80. The van der Waals surface area contributed by atoms with Crippen LogP contribution in [0.1, 0.15) is 37.0 Å². The Morgan fingerprint density at radius 2 is 1.71 bits per heavy atom. The number of anilines is 2. The van der Waals surface area contributed by atoms with Crippen LogP contribution in [0.5, 0.6) is 11.5 Å². The maximum atomic E-state index is 13.4. The van der Waals surface area contributed by atoms with Gasteiger partial charge < -0.3 is 24.7 Å². The Hall–Kier alpha value is -4.11. The Morgan fingerprint density at radius 1 is 1.03 bits per heavy atom. The number of benzene rings is 2. The van der Waals surface area contributed by atoms with Gasteiger partial charge in [-0.25, -0.2) is 4.98 Å². The summed E-state index contributed by atoms with van der Waals surface area (Å²) in [5.74, 6) is 0.974. The molecule has 2 N–H and O–H groups in total. The van der Waals surface area contributed by atoms with Crippen LogP contribution in [0.3, 0.4) is 0 Å². The second kappa shape index (κ2) is 12.4. The fraction of sp³-hybridized carbons (Fsp3) is 0.276. The third kappa shape index (κ3) is 6.41. The van der Waals surface area contributed by atoms with Gasteiger partial charge in [-0.1, -0.05) is 24.7 Å². The predicted octanol–water partition coefficient (Wildman–Crippen LogP) is 6.06. The minimum atomic E-state index is -0.503. The molecule has 0 spiro atoms. The zero-order chi connectivity index (χ0) is 27.1. The van der Waals surface area contributed by atoms with Crippen molar-refractivity contribution >= 4 is 28.1 Å². The molecule has 198 valence electrons. The summed E-state index contributed by atoms with van der Waals surface area (Å²) >= 11 is 1.41. The van der Waals surface area contributed by atoms with Crippen LogP contribution in [-0.2, 0) is 0 Å². The quantitative estimate of drug-likeness (QED) is 0.228. The lowest BCUT2D eigenvalue weighted by Gasteiger charge is -2.12. The van der Waals surface area contributed by atoms with E-state index in [9.17, 15) is 9.59 Å². The van der Waals surface area contributed by atoms with E-state index in [-0.39, 0.29) is 5.56 Å². The summed E-state index contributed by atoms with van der Waals surface area (Å²) in [6.07, 6.45) is 3.74. The van der Waals surface area contributed by atoms with Crippen molar-refractivity contribution in [2.24, 2.45) is 0 Å². The number of thiazole rings is 1. The molecule has 8 nitrogen and oxygen atoms in total. The van der Waals surface area contributed by atoms with Crippen molar-refractivity contribution in [3.63, 3.8) is 0 Å². The maximum absolute atomic E-state index is 13.4. The van der Waals surface area contributed by atoms with E-state index in [4.69, 9.17) is 9.47 Å². The molecule has 4 aromatic rings. The molecule has 4 rings (SSSR count). The van der Waals surface area contributed by atoms with Gasteiger partial charge in [0.1, 0.15) is 17.1 Å². The van der Waals surface area contributed by atoms with E-state index in [0.717, 1.165) is 34.2 Å². The number of nitrogens with one attached hydrogen (secondary N) is 2. The minimum Gasteiger partial charge on any atom is -0.494 e. The number of rotatable bonds is 11. The third-order valence-corrected chi connectivity index (χ3v) is 6.96. The number of carbonyl (C=O) groups is 1. The van der Waals surface area contributed by atoms with Crippen molar-refractivity contribution in [1.29, 1.82) is 0 Å². The molecule has 0 aliphatic carbocycles. The summed E-state index contributed by atoms with van der Waals surface area (Å²) in [4.78, 5) is 36.7. The van der Waals surface area contributed by atoms with Crippen molar-refractivity contribution in [3.05, 3.63) is 76.7 Å². The molecule has 2 heterocycles. The summed E-state index contributed by atoms with van der Waals surface area (Å²) in [6, 6.07) is 16.4. The fourth-order valence-electron chi connectivity index (χ4n) is 3.79. The molecular weight excluding hydrogens is 500 g/mol. The smallest absolute Gasteiger partial charge is 0.261 e. The molecule has 2 aromatic heterocycles. The zero-order valence-electron chi connectivity index (χ0n) is 22.0. The first-order valence-electron chi connectivity index (χ1n) is 12.6. The van der Waals surface area contributed by atoms with Crippen LogP contribution in [0.25, 0.3) is 21.7 Å². The van der Waals surface area contributed by atoms with Crippen molar-refractivity contribution in [2.45, 2.75) is 26.7 Å². The molecule has 0 bridgehead atoms. The Bertz CT molecular complexity index is 1430. The van der Waals surface area contributed by atoms with E-state index in [1.807, 2.05) is 56.3 Å². The number of ether oxygens (including phenoxy) is 2. The van der Waals surface area contributed by atoms with Crippen molar-refractivity contribution < 1.29 is 14.3 Å². The summed E-state index contributed by atoms with van der Waals surface area (Å²) in [6.45, 7) is 5.24. The Kier molecular flexibility index (Phi) is 8.81. The molecule has 2 aromatic carbocycles. The van der Waals surface area contributed by atoms with Gasteiger partial charge in [-0.2, -0.15) is 0 Å². The number of hydrogen-bond acceptors (Lipinski definition) is 7. The lowest BCUT2D eigenvalue weighted by Crippen LogP contribution is -2.24. The fourth-order valence-corrected chi connectivity index (χ4v) is 4.65. The number of H-pyrrole nitrogens is 1. The first-order valence-corrected chi connectivity index (χ1v) is 13.4. The number of aromatic amines is 1. The standard InChI is InChI=1S/C29H32N4O4S/c1-5-7-16-37-22-12-8-19(9-13-22)24-17-23(25-18-30-29(38-25)33(3)4)26(28(35)32-24)27(34)31-20-10-14-21(15-11-20)36-6-2/h8-15,17-18H,5-7,16H2,1-4H3,(H,31,34)(H,32,35). The van der Waals surface area contributed by atoms with Gasteiger partial charge in [0.2, 0.25) is 0 Å². The third-order valence-electron chi connectivity index (χ3n) is 5.76. The van der Waals surface area contributed by atoms with Crippen molar-refractivity contribution in [2.75, 3.05) is 37.5 Å². The van der Waals surface area contributed by atoms with Gasteiger partial charge in [-0.3, -0.25) is 9.59 Å². The second-order valence-electron chi connectivity index (χ2n) is 8.84. The number of pyridine rings is 1. The molecular formula is C29H32N4O4S. The van der Waals surface area contributed by atoms with E-state index in [2.05, 4.69) is 22.2 Å². The molecule has 0 saturated heterocycles. The van der Waals surface area contributed by atoms with E-state index in [1.54, 1.807) is 30.5 Å². The molecule has 9 heteroatoms. The molecule has 0 aliphatic heterocycles. The number of unbranched alkanes of at least 4 members (excludes halogenated alkanes) is 1. The van der Waals surface area contributed by atoms with Crippen molar-refractivity contribution in [3.8, 4) is 33.2 Å². The zero-order valence-corrected chi connectivity index (χ0v) is 22.9. The Morgan fingerprint density at radius 3 is 2.34 bits per heavy atom. The largest absolute Gasteiger partial charge is 0.494 e. The number of aromatic nitrogens is 2. The van der Waals surface area contributed by atoms with E-state index < -0.39 is 11.5 Å². The summed E-state index contributed by atoms with van der Waals surface area (Å²) < 4.78 is 11.2. The molecule has 38 heavy (non-hydrogen) atoms. The van der Waals surface area contributed by atoms with Gasteiger partial charge in [0, 0.05) is 37.2 Å². The van der Waals surface area contributed by atoms with Gasteiger partial charge in [0.15, 0.2) is 5.13 Å². The van der Waals surface area contributed by atoms with Crippen molar-refractivity contribution in [1.82, 2.24) is 9.97 Å². The first kappa shape index (κ1) is 26.9. The lowest BCUT2D eigenvalue weighted by atomic mass is 10.0. The highest BCUT2D eigenvalue weighted by Crippen LogP contribution is 2.34. The highest BCUT2D eigenvalue weighted by Gasteiger charge is 2.21. The van der Waals surface area contributed by atoms with E-state index in [0.29, 0.717) is 35.9 Å². The molecule has 0 unspecified atom stereocenters. The predicted molar refractivity (Wildman–Crippen MR) is 154 cm³/mol. The monoisotopic (exact) mass is 532 g/mol. The van der Waals surface area contributed by atoms with Crippen LogP contribution >= 0.6 is 11.3 Å². The Labute approximate surface area is 226 Å². The molecule has 0 fully saturated rings. The molecule has 0 saturated carbocycles. The van der Waals surface area contributed by atoms with Gasteiger partial charge in [-0.05, 0) is 73.5 Å². The molecule has 0 atom stereocenters. The number of hydrogen-bond donors (Lipinski definition) is 2. The molecule has 0 radical (unpaired) electrons. The maximum Gasteiger partial charge on any atom is 0.261 e. The molecule has 1 amide bonds. The average molecular weight is 533 g/mol. The lowest BCUT2D eigenvalue weighted by molar-refractivity contribution is 0.102. The van der Waals surface area contributed by atoms with Gasteiger partial charge >= 0.3 is 0 Å². The highest BCUT2D eigenvalue weighted by atomic mass is 32.1. The minimum absolute atomic E-state index is 0.0242. The van der Waals surface area contributed by atoms with Crippen LogP contribution < -0.4 is 25.2 Å². The van der Waals surface area contributed by atoms with E-state index in [1.165, 1.54) is 11.3 Å². The normalized spacial score (nSPS) is 10.7. The van der Waals surface area contributed by atoms with Crippen LogP contribution in [-0.4, -0.2) is 43.2 Å². The first-order chi connectivity index (χ1) is 18.4. The van der Waals surface area contributed by atoms with E-state index >= 15 is 0 Å². The summed E-state index contributed by atoms with van der Waals surface area (Å²) in [5.41, 5.74) is 2.02. The number of amides is 1. The van der Waals surface area contributed by atoms with Gasteiger partial charge in [0.25, 0.3) is 11.5 Å². The topological polar surface area (TPSA) is 96.5 Å². The summed E-state index contributed by atoms with van der Waals surface area (Å²) in [5, 5.41) is 3.61. The van der Waals surface area contributed by atoms with Crippen LogP contribution in [0, 0.1) is 0 Å². The highest BCUT2D eigenvalue weighted by molar-refractivity contribution is 7.18. The van der Waals surface area contributed by atoms with Gasteiger partial charge in [-0.15, -0.1) is 0 Å². The van der Waals surface area contributed by atoms with Gasteiger partial charge in [0.05, 0.1) is 18.1 Å². The van der Waals surface area contributed by atoms with Crippen LogP contribution in [0.15, 0.2) is 65.6 Å². The second-order valence-corrected chi connectivity index (χ2v) is 9.85. The molecule has 0 aliphatic rings.